The van der Waals surface area contributed by atoms with Crippen LogP contribution in [0.1, 0.15) is 0 Å². The van der Waals surface area contributed by atoms with Gasteiger partial charge in [0.2, 0.25) is 0 Å². The van der Waals surface area contributed by atoms with Crippen LogP contribution in [0.5, 0.6) is 0 Å². The third kappa shape index (κ3) is 4.21. The number of hydrogen-bond donors (Lipinski definition) is 0. The van der Waals surface area contributed by atoms with Crippen molar-refractivity contribution in [2.75, 3.05) is 0 Å². The Morgan fingerprint density at radius 1 is 0.326 bits per heavy atom. The second-order valence-corrected chi connectivity index (χ2v) is 11.3. The Hall–Kier alpha value is -6.33. The van der Waals surface area contributed by atoms with E-state index in [0.29, 0.717) is 17.5 Å². The molecular formula is C41H27N5. The normalized spacial score (nSPS) is 11.5. The van der Waals surface area contributed by atoms with Crippen LogP contribution in [0.4, 0.5) is 0 Å². The van der Waals surface area contributed by atoms with Crippen LogP contribution in [0.3, 0.4) is 0 Å². The molecule has 0 aliphatic heterocycles. The smallest absolute Gasteiger partial charge is 0.164 e. The molecule has 0 unspecified atom stereocenters. The highest BCUT2D eigenvalue weighted by atomic mass is 15.1. The van der Waals surface area contributed by atoms with Gasteiger partial charge in [0.05, 0.1) is 22.1 Å². The first-order chi connectivity index (χ1) is 22.8. The molecule has 5 heteroatoms. The largest absolute Gasteiger partial charge is 0.307 e. The van der Waals surface area contributed by atoms with E-state index in [4.69, 9.17) is 15.0 Å². The zero-order valence-corrected chi connectivity index (χ0v) is 24.8. The van der Waals surface area contributed by atoms with Crippen LogP contribution in [0.2, 0.25) is 0 Å². The molecule has 5 nitrogen and oxygen atoms in total. The Morgan fingerprint density at radius 2 is 0.717 bits per heavy atom. The molecule has 46 heavy (non-hydrogen) atoms. The van der Waals surface area contributed by atoms with Gasteiger partial charge in [-0.15, -0.1) is 0 Å². The predicted octanol–water partition coefficient (Wildman–Crippen LogP) is 9.91. The van der Waals surface area contributed by atoms with Crippen molar-refractivity contribution in [1.82, 2.24) is 24.1 Å². The van der Waals surface area contributed by atoms with E-state index in [1.165, 1.54) is 27.3 Å². The van der Waals surface area contributed by atoms with E-state index in [0.717, 1.165) is 33.6 Å². The van der Waals surface area contributed by atoms with Gasteiger partial charge >= 0.3 is 0 Å². The lowest BCUT2D eigenvalue weighted by atomic mass is 10.1. The number of para-hydroxylation sites is 3. The molecule has 0 amide bonds. The molecule has 6 aromatic carbocycles. The second kappa shape index (κ2) is 10.7. The first-order valence-corrected chi connectivity index (χ1v) is 15.4. The van der Waals surface area contributed by atoms with Gasteiger partial charge in [-0.1, -0.05) is 127 Å². The lowest BCUT2D eigenvalue weighted by Gasteiger charge is -2.11. The number of rotatable bonds is 5. The first kappa shape index (κ1) is 26.1. The van der Waals surface area contributed by atoms with Crippen LogP contribution in [-0.4, -0.2) is 24.1 Å². The molecule has 9 aromatic rings. The van der Waals surface area contributed by atoms with E-state index < -0.39 is 0 Å². The van der Waals surface area contributed by atoms with E-state index in [-0.39, 0.29) is 0 Å². The fraction of sp³-hybridized carbons (Fsp3) is 0. The standard InChI is InChI=1S/C41H27N5/c1-4-15-28(16-5-1)39-42-40(29-17-6-2-7-18-29)44-41(43-39)30-19-14-22-32(27-30)46-36-26-13-11-24-34(36)37-38(46)33-23-10-12-25-35(33)45(37)31-20-8-3-9-21-31/h1-27H. The molecule has 0 saturated heterocycles. The van der Waals surface area contributed by atoms with Gasteiger partial charge in [0.25, 0.3) is 0 Å². The van der Waals surface area contributed by atoms with Crippen molar-refractivity contribution in [3.05, 3.63) is 164 Å². The van der Waals surface area contributed by atoms with Gasteiger partial charge in [0, 0.05) is 38.8 Å². The summed E-state index contributed by atoms with van der Waals surface area (Å²) < 4.78 is 4.77. The van der Waals surface area contributed by atoms with Crippen LogP contribution in [0.15, 0.2) is 164 Å². The summed E-state index contributed by atoms with van der Waals surface area (Å²) in [6.07, 6.45) is 0. The zero-order chi connectivity index (χ0) is 30.5. The van der Waals surface area contributed by atoms with Crippen molar-refractivity contribution in [3.63, 3.8) is 0 Å². The summed E-state index contributed by atoms with van der Waals surface area (Å²) in [5.74, 6) is 1.93. The Kier molecular flexibility index (Phi) is 6.06. The van der Waals surface area contributed by atoms with Crippen LogP contribution in [0.25, 0.3) is 78.4 Å². The van der Waals surface area contributed by atoms with Gasteiger partial charge in [-0.25, -0.2) is 15.0 Å². The van der Waals surface area contributed by atoms with E-state index in [1.807, 2.05) is 60.7 Å². The molecule has 0 fully saturated rings. The Balaban J connectivity index is 1.30. The highest BCUT2D eigenvalue weighted by molar-refractivity contribution is 6.19. The van der Waals surface area contributed by atoms with E-state index in [1.54, 1.807) is 0 Å². The van der Waals surface area contributed by atoms with Gasteiger partial charge in [-0.05, 0) is 36.4 Å². The minimum absolute atomic E-state index is 0.633. The maximum absolute atomic E-state index is 5.00. The Labute approximate surface area is 265 Å². The summed E-state index contributed by atoms with van der Waals surface area (Å²) >= 11 is 0. The van der Waals surface area contributed by atoms with Crippen molar-refractivity contribution >= 4 is 32.8 Å². The molecule has 0 radical (unpaired) electrons. The van der Waals surface area contributed by atoms with Crippen molar-refractivity contribution < 1.29 is 0 Å². The lowest BCUT2D eigenvalue weighted by molar-refractivity contribution is 1.07. The van der Waals surface area contributed by atoms with Crippen LogP contribution in [-0.2, 0) is 0 Å². The highest BCUT2D eigenvalue weighted by Crippen LogP contribution is 2.41. The van der Waals surface area contributed by atoms with Gasteiger partial charge in [0.1, 0.15) is 0 Å². The monoisotopic (exact) mass is 589 g/mol. The van der Waals surface area contributed by atoms with Gasteiger partial charge in [-0.3, -0.25) is 0 Å². The molecule has 0 N–H and O–H groups in total. The molecule has 0 bridgehead atoms. The number of nitrogens with zero attached hydrogens (tertiary/aromatic N) is 5. The molecule has 0 atom stereocenters. The summed E-state index contributed by atoms with van der Waals surface area (Å²) in [5, 5.41) is 2.39. The van der Waals surface area contributed by atoms with Crippen molar-refractivity contribution in [1.29, 1.82) is 0 Å². The lowest BCUT2D eigenvalue weighted by Crippen LogP contribution is -2.01. The SMILES string of the molecule is c1ccc(-c2nc(-c3ccccc3)nc(-c3cccc(-n4c5ccccc5c5c4c4ccccc4n5-c4ccccc4)c3)n2)cc1. The van der Waals surface area contributed by atoms with Crippen molar-refractivity contribution in [2.45, 2.75) is 0 Å². The van der Waals surface area contributed by atoms with E-state index in [2.05, 4.69) is 112 Å². The zero-order valence-electron chi connectivity index (χ0n) is 24.8. The molecule has 0 saturated carbocycles. The summed E-state index contributed by atoms with van der Waals surface area (Å²) in [4.78, 5) is 14.9. The molecule has 0 spiro atoms. The number of fused-ring (bicyclic) bond motifs is 5. The third-order valence-electron chi connectivity index (χ3n) is 8.55. The molecule has 216 valence electrons. The average Bonchev–Trinajstić information content (AvgIpc) is 3.65. The fourth-order valence-electron chi connectivity index (χ4n) is 6.52. The Morgan fingerprint density at radius 3 is 1.26 bits per heavy atom. The van der Waals surface area contributed by atoms with E-state index in [9.17, 15) is 0 Å². The summed E-state index contributed by atoms with van der Waals surface area (Å²) in [7, 11) is 0. The molecule has 3 aromatic heterocycles. The molecular weight excluding hydrogens is 562 g/mol. The average molecular weight is 590 g/mol. The van der Waals surface area contributed by atoms with Gasteiger partial charge < -0.3 is 9.13 Å². The summed E-state index contributed by atoms with van der Waals surface area (Å²) in [6.45, 7) is 0. The first-order valence-electron chi connectivity index (χ1n) is 15.4. The van der Waals surface area contributed by atoms with Crippen LogP contribution in [0, 0.1) is 0 Å². The summed E-state index contributed by atoms with van der Waals surface area (Å²) in [6, 6.07) is 56.7. The fourth-order valence-corrected chi connectivity index (χ4v) is 6.52. The van der Waals surface area contributed by atoms with Crippen molar-refractivity contribution in [3.8, 4) is 45.5 Å². The van der Waals surface area contributed by atoms with Crippen LogP contribution >= 0.6 is 0 Å². The van der Waals surface area contributed by atoms with E-state index >= 15 is 0 Å². The highest BCUT2D eigenvalue weighted by Gasteiger charge is 2.22. The number of benzene rings is 6. The minimum Gasteiger partial charge on any atom is -0.307 e. The van der Waals surface area contributed by atoms with Gasteiger partial charge in [-0.2, -0.15) is 0 Å². The predicted molar refractivity (Wildman–Crippen MR) is 187 cm³/mol. The van der Waals surface area contributed by atoms with Crippen molar-refractivity contribution in [2.24, 2.45) is 0 Å². The molecule has 0 aliphatic carbocycles. The van der Waals surface area contributed by atoms with Gasteiger partial charge in [0.15, 0.2) is 17.5 Å². The second-order valence-electron chi connectivity index (χ2n) is 11.3. The number of aromatic nitrogens is 5. The maximum Gasteiger partial charge on any atom is 0.164 e. The molecule has 0 aliphatic rings. The minimum atomic E-state index is 0.633. The quantitative estimate of drug-likeness (QED) is 0.201. The maximum atomic E-state index is 5.00. The number of hydrogen-bond acceptors (Lipinski definition) is 3. The molecule has 9 rings (SSSR count). The summed E-state index contributed by atoms with van der Waals surface area (Å²) in [5.41, 5.74) is 9.68. The van der Waals surface area contributed by atoms with Crippen LogP contribution < -0.4 is 0 Å². The third-order valence-corrected chi connectivity index (χ3v) is 8.55. The Bertz CT molecular complexity index is 2450. The molecule has 3 heterocycles. The topological polar surface area (TPSA) is 48.5 Å².